The first-order valence-electron chi connectivity index (χ1n) is 9.16. The minimum atomic E-state index is -0.183. The second kappa shape index (κ2) is 7.86. The summed E-state index contributed by atoms with van der Waals surface area (Å²) in [7, 11) is 0. The first-order chi connectivity index (χ1) is 13.9. The molecule has 29 heavy (non-hydrogen) atoms. The zero-order valence-corrected chi connectivity index (χ0v) is 17.5. The fraction of sp³-hybridized carbons (Fsp3) is 0.0833. The van der Waals surface area contributed by atoms with Gasteiger partial charge >= 0.3 is 0 Å². The largest absolute Gasteiger partial charge is 0.322 e. The molecule has 3 nitrogen and oxygen atoms in total. The minimum Gasteiger partial charge on any atom is -0.322 e. The van der Waals surface area contributed by atoms with Crippen molar-refractivity contribution < 1.29 is 4.79 Å². The molecule has 0 atom stereocenters. The molecule has 0 bridgehead atoms. The number of para-hydroxylation sites is 1. The third-order valence-electron chi connectivity index (χ3n) is 4.81. The predicted octanol–water partition coefficient (Wildman–Crippen LogP) is 7.08. The van der Waals surface area contributed by atoms with Gasteiger partial charge in [-0.2, -0.15) is 0 Å². The molecule has 0 aliphatic heterocycles. The number of aromatic nitrogens is 1. The van der Waals surface area contributed by atoms with Crippen LogP contribution in [0.5, 0.6) is 0 Å². The average molecular weight is 421 g/mol. The number of carbonyl (C=O) groups is 1. The lowest BCUT2D eigenvalue weighted by Crippen LogP contribution is -2.14. The quantitative estimate of drug-likeness (QED) is 0.384. The van der Waals surface area contributed by atoms with Crippen LogP contribution in [0.15, 0.2) is 66.7 Å². The van der Waals surface area contributed by atoms with E-state index < -0.39 is 0 Å². The number of nitrogens with one attached hydrogen (secondary N) is 1. The first kappa shape index (κ1) is 19.4. The molecule has 1 aromatic heterocycles. The Hall–Kier alpha value is -2.88. The maximum Gasteiger partial charge on any atom is 0.256 e. The SMILES string of the molecule is Cc1ccc(NC(=O)c2cc(-c3ccc(Cl)c(Cl)c3)nc3ccccc23)c(C)c1. The predicted molar refractivity (Wildman–Crippen MR) is 121 cm³/mol. The van der Waals surface area contributed by atoms with Crippen LogP contribution in [0, 0.1) is 13.8 Å². The van der Waals surface area contributed by atoms with Gasteiger partial charge in [0.1, 0.15) is 0 Å². The van der Waals surface area contributed by atoms with Crippen molar-refractivity contribution >= 4 is 45.7 Å². The van der Waals surface area contributed by atoms with E-state index in [0.29, 0.717) is 21.3 Å². The van der Waals surface area contributed by atoms with E-state index in [1.807, 2.05) is 62.4 Å². The van der Waals surface area contributed by atoms with Gasteiger partial charge in [-0.3, -0.25) is 4.79 Å². The molecule has 0 spiro atoms. The van der Waals surface area contributed by atoms with Crippen LogP contribution in [0.2, 0.25) is 10.0 Å². The third kappa shape index (κ3) is 3.98. The number of nitrogens with zero attached hydrogens (tertiary/aromatic N) is 1. The van der Waals surface area contributed by atoms with E-state index in [2.05, 4.69) is 5.32 Å². The molecule has 0 saturated carbocycles. The van der Waals surface area contributed by atoms with Gasteiger partial charge in [0.05, 0.1) is 26.8 Å². The monoisotopic (exact) mass is 420 g/mol. The first-order valence-corrected chi connectivity index (χ1v) is 9.92. The van der Waals surface area contributed by atoms with Gasteiger partial charge in [-0.15, -0.1) is 0 Å². The molecular weight excluding hydrogens is 403 g/mol. The fourth-order valence-corrected chi connectivity index (χ4v) is 3.61. The maximum absolute atomic E-state index is 13.2. The lowest BCUT2D eigenvalue weighted by molar-refractivity contribution is 0.102. The Labute approximate surface area is 179 Å². The van der Waals surface area contributed by atoms with Crippen molar-refractivity contribution in [3.63, 3.8) is 0 Å². The molecule has 5 heteroatoms. The molecule has 4 aromatic rings. The number of carbonyl (C=O) groups excluding carboxylic acids is 1. The highest BCUT2D eigenvalue weighted by molar-refractivity contribution is 6.42. The molecule has 0 saturated heterocycles. The number of fused-ring (bicyclic) bond motifs is 1. The van der Waals surface area contributed by atoms with Gasteiger partial charge in [0.15, 0.2) is 0 Å². The molecule has 1 N–H and O–H groups in total. The summed E-state index contributed by atoms with van der Waals surface area (Å²) in [4.78, 5) is 17.9. The van der Waals surface area contributed by atoms with Crippen LogP contribution in [-0.2, 0) is 0 Å². The van der Waals surface area contributed by atoms with Crippen molar-refractivity contribution in [1.29, 1.82) is 0 Å². The molecule has 0 aliphatic rings. The highest BCUT2D eigenvalue weighted by Gasteiger charge is 2.15. The molecular formula is C24H18Cl2N2O. The van der Waals surface area contributed by atoms with Crippen LogP contribution < -0.4 is 5.32 Å². The Morgan fingerprint density at radius 2 is 1.69 bits per heavy atom. The lowest BCUT2D eigenvalue weighted by atomic mass is 10.0. The number of hydrogen-bond acceptors (Lipinski definition) is 2. The van der Waals surface area contributed by atoms with Crippen molar-refractivity contribution in [2.24, 2.45) is 0 Å². The second-order valence-corrected chi connectivity index (χ2v) is 7.79. The molecule has 1 heterocycles. The normalized spacial score (nSPS) is 10.9. The lowest BCUT2D eigenvalue weighted by Gasteiger charge is -2.13. The number of pyridine rings is 1. The van der Waals surface area contributed by atoms with Gasteiger partial charge in [-0.05, 0) is 49.7 Å². The molecule has 0 unspecified atom stereocenters. The molecule has 0 aliphatic carbocycles. The summed E-state index contributed by atoms with van der Waals surface area (Å²) in [6.45, 7) is 4.01. The van der Waals surface area contributed by atoms with Crippen molar-refractivity contribution in [3.05, 3.63) is 93.5 Å². The van der Waals surface area contributed by atoms with E-state index in [1.165, 1.54) is 0 Å². The Morgan fingerprint density at radius 3 is 2.45 bits per heavy atom. The molecule has 4 rings (SSSR count). The van der Waals surface area contributed by atoms with Gasteiger partial charge in [-0.25, -0.2) is 4.98 Å². The van der Waals surface area contributed by atoms with Crippen LogP contribution in [0.3, 0.4) is 0 Å². The minimum absolute atomic E-state index is 0.183. The molecule has 0 radical (unpaired) electrons. The van der Waals surface area contributed by atoms with Gasteiger partial charge in [0.2, 0.25) is 0 Å². The van der Waals surface area contributed by atoms with E-state index in [4.69, 9.17) is 28.2 Å². The number of halogens is 2. The Balaban J connectivity index is 1.82. The zero-order valence-electron chi connectivity index (χ0n) is 16.0. The van der Waals surface area contributed by atoms with Crippen LogP contribution >= 0.6 is 23.2 Å². The highest BCUT2D eigenvalue weighted by Crippen LogP contribution is 2.30. The van der Waals surface area contributed by atoms with Crippen LogP contribution in [0.4, 0.5) is 5.69 Å². The van der Waals surface area contributed by atoms with Crippen LogP contribution in [0.25, 0.3) is 22.2 Å². The average Bonchev–Trinajstić information content (AvgIpc) is 2.71. The number of rotatable bonds is 3. The summed E-state index contributed by atoms with van der Waals surface area (Å²) < 4.78 is 0. The van der Waals surface area contributed by atoms with E-state index in [0.717, 1.165) is 33.3 Å². The zero-order chi connectivity index (χ0) is 20.5. The number of anilines is 1. The number of benzene rings is 3. The highest BCUT2D eigenvalue weighted by atomic mass is 35.5. The van der Waals surface area contributed by atoms with Gasteiger partial charge in [0.25, 0.3) is 5.91 Å². The van der Waals surface area contributed by atoms with Crippen molar-refractivity contribution in [1.82, 2.24) is 4.98 Å². The number of hydrogen-bond donors (Lipinski definition) is 1. The molecule has 1 amide bonds. The Morgan fingerprint density at radius 1 is 0.897 bits per heavy atom. The summed E-state index contributed by atoms with van der Waals surface area (Å²) in [6.07, 6.45) is 0. The molecule has 3 aromatic carbocycles. The Bertz CT molecular complexity index is 1250. The summed E-state index contributed by atoms with van der Waals surface area (Å²) in [5.74, 6) is -0.183. The topological polar surface area (TPSA) is 42.0 Å². The second-order valence-electron chi connectivity index (χ2n) is 6.97. The van der Waals surface area contributed by atoms with Crippen molar-refractivity contribution in [3.8, 4) is 11.3 Å². The van der Waals surface area contributed by atoms with Gasteiger partial charge < -0.3 is 5.32 Å². The van der Waals surface area contributed by atoms with E-state index in [9.17, 15) is 4.79 Å². The van der Waals surface area contributed by atoms with Crippen LogP contribution in [0.1, 0.15) is 21.5 Å². The van der Waals surface area contributed by atoms with E-state index in [1.54, 1.807) is 18.2 Å². The summed E-state index contributed by atoms with van der Waals surface area (Å²) >= 11 is 12.2. The number of aryl methyl sites for hydroxylation is 2. The van der Waals surface area contributed by atoms with Crippen molar-refractivity contribution in [2.75, 3.05) is 5.32 Å². The Kier molecular flexibility index (Phi) is 5.27. The van der Waals surface area contributed by atoms with E-state index in [-0.39, 0.29) is 5.91 Å². The summed E-state index contributed by atoms with van der Waals surface area (Å²) in [6, 6.07) is 20.7. The smallest absolute Gasteiger partial charge is 0.256 e. The summed E-state index contributed by atoms with van der Waals surface area (Å²) in [5, 5.41) is 4.74. The van der Waals surface area contributed by atoms with Gasteiger partial charge in [-0.1, -0.05) is 65.2 Å². The van der Waals surface area contributed by atoms with Crippen molar-refractivity contribution in [2.45, 2.75) is 13.8 Å². The standard InChI is InChI=1S/C24H18Cl2N2O/c1-14-7-10-21(15(2)11-14)28-24(29)18-13-23(16-8-9-19(25)20(26)12-16)27-22-6-4-3-5-17(18)22/h3-13H,1-2H3,(H,28,29). The number of amides is 1. The summed E-state index contributed by atoms with van der Waals surface area (Å²) in [5.41, 5.74) is 5.70. The molecule has 144 valence electrons. The fourth-order valence-electron chi connectivity index (χ4n) is 3.31. The third-order valence-corrected chi connectivity index (χ3v) is 5.55. The van der Waals surface area contributed by atoms with Crippen LogP contribution in [-0.4, -0.2) is 10.9 Å². The maximum atomic E-state index is 13.2. The molecule has 0 fully saturated rings. The van der Waals surface area contributed by atoms with E-state index >= 15 is 0 Å². The van der Waals surface area contributed by atoms with Gasteiger partial charge in [0, 0.05) is 16.6 Å².